The topological polar surface area (TPSA) is 58.4 Å². The molecule has 1 aliphatic rings. The van der Waals surface area contributed by atoms with Gasteiger partial charge in [0.15, 0.2) is 0 Å². The number of hydrogen-bond donors (Lipinski definition) is 2. The molecule has 2 rings (SSSR count). The van der Waals surface area contributed by atoms with Gasteiger partial charge >= 0.3 is 0 Å². The van der Waals surface area contributed by atoms with Crippen LogP contribution in [0.2, 0.25) is 0 Å². The minimum absolute atomic E-state index is 0.0251. The number of nitrogens with one attached hydrogen (secondary N) is 1. The van der Waals surface area contributed by atoms with Gasteiger partial charge in [-0.15, -0.1) is 0 Å². The summed E-state index contributed by atoms with van der Waals surface area (Å²) in [4.78, 5) is 14.5. The lowest BCUT2D eigenvalue weighted by molar-refractivity contribution is 0.0936. The van der Waals surface area contributed by atoms with Crippen LogP contribution in [0.4, 0.5) is 0 Å². The molecule has 1 fully saturated rings. The second-order valence-corrected chi connectivity index (χ2v) is 5.72. The molecule has 0 saturated carbocycles. The molecule has 4 nitrogen and oxygen atoms in total. The zero-order chi connectivity index (χ0) is 14.4. The Labute approximate surface area is 121 Å². The van der Waals surface area contributed by atoms with Crippen LogP contribution < -0.4 is 11.1 Å². The Morgan fingerprint density at radius 3 is 3.10 bits per heavy atom. The summed E-state index contributed by atoms with van der Waals surface area (Å²) in [6.45, 7) is 3.63. The zero-order valence-electron chi connectivity index (χ0n) is 12.3. The molecule has 3 N–H and O–H groups in total. The molecule has 1 amide bonds. The van der Waals surface area contributed by atoms with E-state index >= 15 is 0 Å². The van der Waals surface area contributed by atoms with Crippen molar-refractivity contribution < 1.29 is 4.79 Å². The first-order valence-electron chi connectivity index (χ1n) is 7.45. The fourth-order valence-electron chi connectivity index (χ4n) is 2.81. The second-order valence-electron chi connectivity index (χ2n) is 5.72. The molecule has 1 atom stereocenters. The van der Waals surface area contributed by atoms with Gasteiger partial charge in [0, 0.05) is 18.7 Å². The minimum atomic E-state index is 0.0251. The highest BCUT2D eigenvalue weighted by Gasteiger charge is 2.18. The predicted molar refractivity (Wildman–Crippen MR) is 81.8 cm³/mol. The molecule has 1 saturated heterocycles. The smallest absolute Gasteiger partial charge is 0.251 e. The molecule has 0 spiro atoms. The Morgan fingerprint density at radius 2 is 2.35 bits per heavy atom. The number of piperidine rings is 1. The lowest BCUT2D eigenvalue weighted by atomic mass is 9.98. The Kier molecular flexibility index (Phi) is 5.56. The highest BCUT2D eigenvalue weighted by Crippen LogP contribution is 2.14. The number of hydrogen-bond acceptors (Lipinski definition) is 3. The Morgan fingerprint density at radius 1 is 1.50 bits per heavy atom. The molecule has 0 radical (unpaired) electrons. The maximum atomic E-state index is 12.2. The molecule has 1 aromatic rings. The van der Waals surface area contributed by atoms with Gasteiger partial charge in [-0.05, 0) is 63.0 Å². The van der Waals surface area contributed by atoms with Gasteiger partial charge in [0.05, 0.1) is 0 Å². The third-order valence-electron chi connectivity index (χ3n) is 3.90. The molecule has 0 aliphatic carbocycles. The van der Waals surface area contributed by atoms with Gasteiger partial charge in [0.25, 0.3) is 5.91 Å². The molecule has 1 unspecified atom stereocenters. The number of benzene rings is 1. The van der Waals surface area contributed by atoms with Gasteiger partial charge in [-0.3, -0.25) is 4.79 Å². The standard InChI is InChI=1S/C16H25N3O/c1-19-9-3-5-14(12-19)11-18-16(20)15-6-2-4-13(10-15)7-8-17/h2,4,6,10,14H,3,5,7-9,11-12,17H2,1H3,(H,18,20). The van der Waals surface area contributed by atoms with Gasteiger partial charge in [-0.25, -0.2) is 0 Å². The van der Waals surface area contributed by atoms with Crippen molar-refractivity contribution in [3.63, 3.8) is 0 Å². The van der Waals surface area contributed by atoms with E-state index in [4.69, 9.17) is 5.73 Å². The molecular weight excluding hydrogens is 250 g/mol. The van der Waals surface area contributed by atoms with Crippen LogP contribution in [0.15, 0.2) is 24.3 Å². The number of nitrogens with zero attached hydrogens (tertiary/aromatic N) is 1. The van der Waals surface area contributed by atoms with Gasteiger partial charge < -0.3 is 16.0 Å². The summed E-state index contributed by atoms with van der Waals surface area (Å²) in [5.74, 6) is 0.599. The Hall–Kier alpha value is -1.39. The van der Waals surface area contributed by atoms with Crippen molar-refractivity contribution >= 4 is 5.91 Å². The Balaban J connectivity index is 1.86. The van der Waals surface area contributed by atoms with Crippen LogP contribution in [-0.4, -0.2) is 44.0 Å². The van der Waals surface area contributed by atoms with E-state index in [2.05, 4.69) is 17.3 Å². The molecule has 1 heterocycles. The van der Waals surface area contributed by atoms with Gasteiger partial charge in [0.1, 0.15) is 0 Å². The summed E-state index contributed by atoms with van der Waals surface area (Å²) >= 11 is 0. The van der Waals surface area contributed by atoms with E-state index in [1.807, 2.05) is 24.3 Å². The first-order valence-corrected chi connectivity index (χ1v) is 7.45. The minimum Gasteiger partial charge on any atom is -0.352 e. The van der Waals surface area contributed by atoms with E-state index < -0.39 is 0 Å². The second kappa shape index (κ2) is 7.41. The maximum absolute atomic E-state index is 12.2. The van der Waals surface area contributed by atoms with E-state index in [-0.39, 0.29) is 5.91 Å². The van der Waals surface area contributed by atoms with Crippen LogP contribution in [0, 0.1) is 5.92 Å². The number of amides is 1. The van der Waals surface area contributed by atoms with E-state index in [9.17, 15) is 4.79 Å². The summed E-state index contributed by atoms with van der Waals surface area (Å²) in [5.41, 5.74) is 7.41. The third kappa shape index (κ3) is 4.32. The van der Waals surface area contributed by atoms with Crippen molar-refractivity contribution in [1.29, 1.82) is 0 Å². The quantitative estimate of drug-likeness (QED) is 0.850. The largest absolute Gasteiger partial charge is 0.352 e. The molecule has 20 heavy (non-hydrogen) atoms. The average Bonchev–Trinajstić information content (AvgIpc) is 2.45. The number of carbonyl (C=O) groups excluding carboxylic acids is 1. The van der Waals surface area contributed by atoms with Crippen LogP contribution in [0.1, 0.15) is 28.8 Å². The highest BCUT2D eigenvalue weighted by atomic mass is 16.1. The van der Waals surface area contributed by atoms with Crippen molar-refractivity contribution in [1.82, 2.24) is 10.2 Å². The van der Waals surface area contributed by atoms with Crippen molar-refractivity contribution in [3.05, 3.63) is 35.4 Å². The normalized spacial score (nSPS) is 19.8. The van der Waals surface area contributed by atoms with Gasteiger partial charge in [-0.2, -0.15) is 0 Å². The van der Waals surface area contributed by atoms with Crippen LogP contribution in [0.25, 0.3) is 0 Å². The monoisotopic (exact) mass is 275 g/mol. The average molecular weight is 275 g/mol. The fourth-order valence-corrected chi connectivity index (χ4v) is 2.81. The number of nitrogens with two attached hydrogens (primary N) is 1. The SMILES string of the molecule is CN1CCCC(CNC(=O)c2cccc(CCN)c2)C1. The molecule has 1 aliphatic heterocycles. The molecule has 4 heteroatoms. The first kappa shape index (κ1) is 15.0. The summed E-state index contributed by atoms with van der Waals surface area (Å²) < 4.78 is 0. The molecule has 0 bridgehead atoms. The molecular formula is C16H25N3O. The van der Waals surface area contributed by atoms with Gasteiger partial charge in [0.2, 0.25) is 0 Å². The predicted octanol–water partition coefficient (Wildman–Crippen LogP) is 1.26. The number of likely N-dealkylation sites (tertiary alicyclic amines) is 1. The lowest BCUT2D eigenvalue weighted by Gasteiger charge is -2.29. The molecule has 0 aromatic heterocycles. The highest BCUT2D eigenvalue weighted by molar-refractivity contribution is 5.94. The van der Waals surface area contributed by atoms with E-state index in [1.165, 1.54) is 19.4 Å². The van der Waals surface area contributed by atoms with Crippen molar-refractivity contribution in [3.8, 4) is 0 Å². The van der Waals surface area contributed by atoms with Crippen LogP contribution >= 0.6 is 0 Å². The van der Waals surface area contributed by atoms with Crippen molar-refractivity contribution in [2.24, 2.45) is 11.7 Å². The Bertz CT molecular complexity index is 447. The number of rotatable bonds is 5. The van der Waals surface area contributed by atoms with E-state index in [0.717, 1.165) is 30.6 Å². The summed E-state index contributed by atoms with van der Waals surface area (Å²) in [6, 6.07) is 7.74. The van der Waals surface area contributed by atoms with Crippen LogP contribution in [-0.2, 0) is 6.42 Å². The van der Waals surface area contributed by atoms with Crippen molar-refractivity contribution in [2.75, 3.05) is 33.2 Å². The third-order valence-corrected chi connectivity index (χ3v) is 3.90. The van der Waals surface area contributed by atoms with Crippen molar-refractivity contribution in [2.45, 2.75) is 19.3 Å². The summed E-state index contributed by atoms with van der Waals surface area (Å²) in [6.07, 6.45) is 3.25. The summed E-state index contributed by atoms with van der Waals surface area (Å²) in [7, 11) is 2.14. The van der Waals surface area contributed by atoms with E-state index in [1.54, 1.807) is 0 Å². The van der Waals surface area contributed by atoms with Crippen LogP contribution in [0.3, 0.4) is 0 Å². The maximum Gasteiger partial charge on any atom is 0.251 e. The fraction of sp³-hybridized carbons (Fsp3) is 0.562. The van der Waals surface area contributed by atoms with Crippen LogP contribution in [0.5, 0.6) is 0 Å². The van der Waals surface area contributed by atoms with Gasteiger partial charge in [-0.1, -0.05) is 12.1 Å². The molecule has 110 valence electrons. The summed E-state index contributed by atoms with van der Waals surface area (Å²) in [5, 5.41) is 3.06. The zero-order valence-corrected chi connectivity index (χ0v) is 12.3. The number of carbonyl (C=O) groups is 1. The molecule has 1 aromatic carbocycles. The lowest BCUT2D eigenvalue weighted by Crippen LogP contribution is -2.39. The first-order chi connectivity index (χ1) is 9.69. The van der Waals surface area contributed by atoms with E-state index in [0.29, 0.717) is 12.5 Å².